The van der Waals surface area contributed by atoms with Gasteiger partial charge in [0.15, 0.2) is 0 Å². The minimum absolute atomic E-state index is 0.169. The van der Waals surface area contributed by atoms with E-state index >= 15 is 0 Å². The maximum atomic E-state index is 12.8. The summed E-state index contributed by atoms with van der Waals surface area (Å²) in [5.74, 6) is -3.63. The van der Waals surface area contributed by atoms with Crippen LogP contribution in [-0.2, 0) is 25.2 Å². The van der Waals surface area contributed by atoms with Gasteiger partial charge in [0.25, 0.3) is 11.6 Å². The van der Waals surface area contributed by atoms with E-state index in [-0.39, 0.29) is 16.8 Å². The lowest BCUT2D eigenvalue weighted by Crippen LogP contribution is -2.46. The largest absolute Gasteiger partial charge is 0.469 e. The van der Waals surface area contributed by atoms with Gasteiger partial charge < -0.3 is 14.8 Å². The molecule has 1 N–H and O–H groups in total. The molecule has 1 amide bonds. The Balaban J connectivity index is 2.39. The Labute approximate surface area is 185 Å². The molecule has 0 radical (unpaired) electrons. The average Bonchev–Trinajstić information content (AvgIpc) is 2.80. The zero-order valence-electron chi connectivity index (χ0n) is 17.4. The van der Waals surface area contributed by atoms with Crippen LogP contribution in [0.15, 0.2) is 48.5 Å². The van der Waals surface area contributed by atoms with Gasteiger partial charge >= 0.3 is 18.1 Å². The van der Waals surface area contributed by atoms with Crippen LogP contribution in [0.5, 0.6) is 0 Å². The van der Waals surface area contributed by atoms with E-state index in [1.165, 1.54) is 12.1 Å². The van der Waals surface area contributed by atoms with Crippen LogP contribution in [0, 0.1) is 10.1 Å². The van der Waals surface area contributed by atoms with Crippen molar-refractivity contribution >= 4 is 23.5 Å². The number of rotatable bonds is 8. The molecule has 0 heterocycles. The summed E-state index contributed by atoms with van der Waals surface area (Å²) in [6, 6.07) is 6.79. The van der Waals surface area contributed by atoms with E-state index in [0.717, 1.165) is 38.5 Å². The number of nitro benzene ring substituents is 1. The van der Waals surface area contributed by atoms with Crippen molar-refractivity contribution in [2.45, 2.75) is 24.6 Å². The zero-order valence-corrected chi connectivity index (χ0v) is 17.4. The highest BCUT2D eigenvalue weighted by molar-refractivity contribution is 5.97. The molecule has 176 valence electrons. The third kappa shape index (κ3) is 6.51. The van der Waals surface area contributed by atoms with E-state index in [2.05, 4.69) is 10.1 Å². The Kier molecular flexibility index (Phi) is 8.10. The molecule has 2 atom stereocenters. The number of benzene rings is 2. The highest BCUT2D eigenvalue weighted by Gasteiger charge is 2.35. The van der Waals surface area contributed by atoms with Crippen molar-refractivity contribution < 1.29 is 42.0 Å². The molecule has 0 saturated carbocycles. The Morgan fingerprint density at radius 3 is 2.03 bits per heavy atom. The van der Waals surface area contributed by atoms with Crippen molar-refractivity contribution in [3.05, 3.63) is 75.3 Å². The fourth-order valence-electron chi connectivity index (χ4n) is 3.02. The number of nitro groups is 1. The van der Waals surface area contributed by atoms with Gasteiger partial charge in [-0.25, -0.2) is 4.79 Å². The number of hydrogen-bond acceptors (Lipinski definition) is 7. The second-order valence-electron chi connectivity index (χ2n) is 6.78. The lowest BCUT2D eigenvalue weighted by atomic mass is 9.88. The molecule has 0 unspecified atom stereocenters. The van der Waals surface area contributed by atoms with Crippen molar-refractivity contribution in [2.75, 3.05) is 14.2 Å². The summed E-state index contributed by atoms with van der Waals surface area (Å²) in [7, 11) is 2.16. The summed E-state index contributed by atoms with van der Waals surface area (Å²) in [6.07, 6.45) is -4.99. The van der Waals surface area contributed by atoms with Gasteiger partial charge in [-0.1, -0.05) is 12.1 Å². The van der Waals surface area contributed by atoms with Gasteiger partial charge in [-0.15, -0.1) is 0 Å². The van der Waals surface area contributed by atoms with Gasteiger partial charge in [-0.2, -0.15) is 13.2 Å². The molecule has 9 nitrogen and oxygen atoms in total. The maximum Gasteiger partial charge on any atom is 0.416 e. The first-order chi connectivity index (χ1) is 15.5. The molecule has 0 aromatic heterocycles. The van der Waals surface area contributed by atoms with E-state index in [1.807, 2.05) is 0 Å². The standard InChI is InChI=1S/C21H19F3N2O7/c1-32-17(27)11-16(12-5-9-15(10-6-12)26(30)31)18(20(29)33-2)25-19(28)13-3-7-14(8-4-13)21(22,23)24/h3-10,16,18H,11H2,1-2H3,(H,25,28)/t16-,18-/m1/s1. The molecule has 0 saturated heterocycles. The predicted octanol–water partition coefficient (Wildman–Crippen LogP) is 3.23. The fourth-order valence-corrected chi connectivity index (χ4v) is 3.02. The summed E-state index contributed by atoms with van der Waals surface area (Å²) in [4.78, 5) is 47.4. The molecular formula is C21H19F3N2O7. The Hall–Kier alpha value is -3.96. The maximum absolute atomic E-state index is 12.8. The Morgan fingerprint density at radius 1 is 1.00 bits per heavy atom. The molecular weight excluding hydrogens is 449 g/mol. The zero-order chi connectivity index (χ0) is 24.8. The third-order valence-corrected chi connectivity index (χ3v) is 4.76. The van der Waals surface area contributed by atoms with Crippen molar-refractivity contribution in [3.8, 4) is 0 Å². The molecule has 0 spiro atoms. The van der Waals surface area contributed by atoms with Crippen molar-refractivity contribution in [1.29, 1.82) is 0 Å². The molecule has 2 rings (SSSR count). The monoisotopic (exact) mass is 468 g/mol. The van der Waals surface area contributed by atoms with Gasteiger partial charge in [0.1, 0.15) is 6.04 Å². The van der Waals surface area contributed by atoms with E-state index in [1.54, 1.807) is 0 Å². The number of alkyl halides is 3. The molecule has 2 aromatic rings. The summed E-state index contributed by atoms with van der Waals surface area (Å²) in [5, 5.41) is 13.3. The summed E-state index contributed by atoms with van der Waals surface area (Å²) in [5.41, 5.74) is -1.08. The second kappa shape index (κ2) is 10.6. The molecule has 2 aromatic carbocycles. The second-order valence-corrected chi connectivity index (χ2v) is 6.78. The number of carbonyl (C=O) groups excluding carboxylic acids is 3. The average molecular weight is 468 g/mol. The van der Waals surface area contributed by atoms with Crippen molar-refractivity contribution in [1.82, 2.24) is 5.32 Å². The van der Waals surface area contributed by atoms with Gasteiger partial charge in [0, 0.05) is 23.6 Å². The summed E-state index contributed by atoms with van der Waals surface area (Å²) < 4.78 is 47.7. The van der Waals surface area contributed by atoms with E-state index in [9.17, 15) is 37.7 Å². The van der Waals surface area contributed by atoms with E-state index in [4.69, 9.17) is 4.74 Å². The number of methoxy groups -OCH3 is 2. The number of amides is 1. The minimum Gasteiger partial charge on any atom is -0.469 e. The topological polar surface area (TPSA) is 125 Å². The number of hydrogen-bond donors (Lipinski definition) is 1. The van der Waals surface area contributed by atoms with Crippen LogP contribution in [0.2, 0.25) is 0 Å². The molecule has 0 aliphatic carbocycles. The molecule has 0 aliphatic rings. The highest BCUT2D eigenvalue weighted by atomic mass is 19.4. The first kappa shape index (κ1) is 25.3. The molecule has 12 heteroatoms. The lowest BCUT2D eigenvalue weighted by molar-refractivity contribution is -0.384. The minimum atomic E-state index is -4.59. The highest BCUT2D eigenvalue weighted by Crippen LogP contribution is 2.30. The number of nitrogens with one attached hydrogen (secondary N) is 1. The first-order valence-corrected chi connectivity index (χ1v) is 9.35. The quantitative estimate of drug-likeness (QED) is 0.358. The van der Waals surface area contributed by atoms with Gasteiger partial charge in [0.05, 0.1) is 31.1 Å². The number of nitrogens with zero attached hydrogens (tertiary/aromatic N) is 1. The van der Waals surface area contributed by atoms with E-state index in [0.29, 0.717) is 12.1 Å². The van der Waals surface area contributed by atoms with Crippen molar-refractivity contribution in [2.24, 2.45) is 0 Å². The number of halogens is 3. The van der Waals surface area contributed by atoms with Gasteiger partial charge in [0.2, 0.25) is 0 Å². The van der Waals surface area contributed by atoms with Gasteiger partial charge in [-0.3, -0.25) is 19.7 Å². The van der Waals surface area contributed by atoms with Crippen molar-refractivity contribution in [3.63, 3.8) is 0 Å². The van der Waals surface area contributed by atoms with Crippen LogP contribution in [0.1, 0.15) is 33.8 Å². The first-order valence-electron chi connectivity index (χ1n) is 9.35. The number of ether oxygens (including phenoxy) is 2. The molecule has 0 aliphatic heterocycles. The molecule has 33 heavy (non-hydrogen) atoms. The molecule has 0 fully saturated rings. The lowest BCUT2D eigenvalue weighted by Gasteiger charge is -2.26. The third-order valence-electron chi connectivity index (χ3n) is 4.76. The smallest absolute Gasteiger partial charge is 0.416 e. The number of esters is 2. The van der Waals surface area contributed by atoms with Crippen LogP contribution in [0.25, 0.3) is 0 Å². The van der Waals surface area contributed by atoms with Crippen LogP contribution in [0.3, 0.4) is 0 Å². The Morgan fingerprint density at radius 2 is 1.58 bits per heavy atom. The number of carbonyl (C=O) groups is 3. The van der Waals surface area contributed by atoms with Crippen LogP contribution in [0.4, 0.5) is 18.9 Å². The van der Waals surface area contributed by atoms with Crippen LogP contribution in [-0.4, -0.2) is 43.0 Å². The Bertz CT molecular complexity index is 1020. The SMILES string of the molecule is COC(=O)C[C@H](c1ccc([N+](=O)[O-])cc1)[C@@H](NC(=O)c1ccc(C(F)(F)F)cc1)C(=O)OC. The predicted molar refractivity (Wildman–Crippen MR) is 107 cm³/mol. The van der Waals surface area contributed by atoms with E-state index < -0.39 is 52.9 Å². The summed E-state index contributed by atoms with van der Waals surface area (Å²) >= 11 is 0. The molecule has 0 bridgehead atoms. The number of non-ortho nitro benzene ring substituents is 1. The van der Waals surface area contributed by atoms with Gasteiger partial charge in [-0.05, 0) is 29.8 Å². The van der Waals surface area contributed by atoms with Crippen LogP contribution >= 0.6 is 0 Å². The fraction of sp³-hybridized carbons (Fsp3) is 0.286. The summed E-state index contributed by atoms with van der Waals surface area (Å²) in [6.45, 7) is 0. The van der Waals surface area contributed by atoms with Crippen LogP contribution < -0.4 is 5.32 Å². The normalized spacial score (nSPS) is 12.9.